The van der Waals surface area contributed by atoms with Crippen LogP contribution in [0.15, 0.2) is 0 Å². The molecule has 1 saturated carbocycles. The minimum Gasteiger partial charge on any atom is -0.329 e. The zero-order valence-electron chi connectivity index (χ0n) is 14.4. The Kier molecular flexibility index (Phi) is 4.86. The third-order valence-corrected chi connectivity index (χ3v) is 6.42. The maximum Gasteiger partial charge on any atom is 0.0332 e. The van der Waals surface area contributed by atoms with Gasteiger partial charge in [-0.1, -0.05) is 41.0 Å². The largest absolute Gasteiger partial charge is 0.329 e. The first-order valence-electron chi connectivity index (χ1n) is 8.73. The molecule has 2 aliphatic rings. The van der Waals surface area contributed by atoms with Crippen LogP contribution in [0.5, 0.6) is 0 Å². The van der Waals surface area contributed by atoms with Crippen LogP contribution in [0.3, 0.4) is 0 Å². The third-order valence-electron chi connectivity index (χ3n) is 6.42. The molecule has 118 valence electrons. The Hall–Kier alpha value is -0.0800. The van der Waals surface area contributed by atoms with Crippen LogP contribution in [-0.2, 0) is 0 Å². The molecule has 2 nitrogen and oxygen atoms in total. The summed E-state index contributed by atoms with van der Waals surface area (Å²) in [6.07, 6.45) is 6.74. The molecule has 1 aliphatic heterocycles. The fraction of sp³-hybridized carbons (Fsp3) is 1.00. The van der Waals surface area contributed by atoms with Crippen molar-refractivity contribution in [1.29, 1.82) is 0 Å². The van der Waals surface area contributed by atoms with Gasteiger partial charge in [0.25, 0.3) is 0 Å². The van der Waals surface area contributed by atoms with Gasteiger partial charge in [-0.3, -0.25) is 4.90 Å². The predicted molar refractivity (Wildman–Crippen MR) is 87.7 cm³/mol. The van der Waals surface area contributed by atoms with E-state index in [0.29, 0.717) is 11.0 Å². The van der Waals surface area contributed by atoms with Gasteiger partial charge in [0.05, 0.1) is 0 Å². The first kappa shape index (κ1) is 16.3. The minimum atomic E-state index is 0.305. The van der Waals surface area contributed by atoms with Gasteiger partial charge in [-0.2, -0.15) is 0 Å². The van der Waals surface area contributed by atoms with E-state index < -0.39 is 0 Å². The van der Waals surface area contributed by atoms with Gasteiger partial charge in [0.15, 0.2) is 0 Å². The predicted octanol–water partition coefficient (Wildman–Crippen LogP) is 3.90. The third kappa shape index (κ3) is 3.22. The summed E-state index contributed by atoms with van der Waals surface area (Å²) in [5.41, 5.74) is 7.05. The van der Waals surface area contributed by atoms with Crippen LogP contribution in [0.25, 0.3) is 0 Å². The first-order chi connectivity index (χ1) is 9.28. The molecule has 2 N–H and O–H groups in total. The Balaban J connectivity index is 2.08. The van der Waals surface area contributed by atoms with Crippen molar-refractivity contribution in [3.63, 3.8) is 0 Å². The van der Waals surface area contributed by atoms with Crippen LogP contribution >= 0.6 is 0 Å². The fourth-order valence-electron chi connectivity index (χ4n) is 4.42. The number of nitrogens with zero attached hydrogens (tertiary/aromatic N) is 1. The van der Waals surface area contributed by atoms with Crippen molar-refractivity contribution in [2.45, 2.75) is 72.3 Å². The van der Waals surface area contributed by atoms with E-state index in [1.807, 2.05) is 0 Å². The first-order valence-corrected chi connectivity index (χ1v) is 8.73. The van der Waals surface area contributed by atoms with Gasteiger partial charge in [-0.25, -0.2) is 0 Å². The summed E-state index contributed by atoms with van der Waals surface area (Å²) >= 11 is 0. The van der Waals surface area contributed by atoms with Gasteiger partial charge < -0.3 is 5.73 Å². The highest BCUT2D eigenvalue weighted by Crippen LogP contribution is 2.43. The van der Waals surface area contributed by atoms with E-state index in [2.05, 4.69) is 39.5 Å². The maximum absolute atomic E-state index is 6.29. The van der Waals surface area contributed by atoms with Crippen molar-refractivity contribution < 1.29 is 0 Å². The van der Waals surface area contributed by atoms with E-state index >= 15 is 0 Å². The number of rotatable bonds is 2. The number of hydrogen-bond acceptors (Lipinski definition) is 2. The van der Waals surface area contributed by atoms with Gasteiger partial charge >= 0.3 is 0 Å². The second-order valence-electron chi connectivity index (χ2n) is 8.78. The second kappa shape index (κ2) is 5.96. The smallest absolute Gasteiger partial charge is 0.0332 e. The molecule has 2 fully saturated rings. The Morgan fingerprint density at radius 2 is 1.65 bits per heavy atom. The van der Waals surface area contributed by atoms with E-state index in [0.717, 1.165) is 24.3 Å². The van der Waals surface area contributed by atoms with Crippen LogP contribution < -0.4 is 5.73 Å². The molecule has 1 aliphatic carbocycles. The van der Waals surface area contributed by atoms with Gasteiger partial charge in [0.2, 0.25) is 0 Å². The lowest BCUT2D eigenvalue weighted by Gasteiger charge is -2.41. The molecule has 4 atom stereocenters. The molecule has 0 aromatic carbocycles. The Morgan fingerprint density at radius 1 is 1.05 bits per heavy atom. The Labute approximate surface area is 126 Å². The zero-order chi connectivity index (χ0) is 15.0. The van der Waals surface area contributed by atoms with Gasteiger partial charge in [0.1, 0.15) is 0 Å². The molecule has 0 radical (unpaired) electrons. The van der Waals surface area contributed by atoms with Crippen molar-refractivity contribution >= 4 is 0 Å². The topological polar surface area (TPSA) is 29.3 Å². The van der Waals surface area contributed by atoms with Crippen molar-refractivity contribution in [2.75, 3.05) is 19.6 Å². The molecule has 1 heterocycles. The van der Waals surface area contributed by atoms with E-state index in [-0.39, 0.29) is 0 Å². The summed E-state index contributed by atoms with van der Waals surface area (Å²) in [4.78, 5) is 2.76. The molecule has 0 amide bonds. The Morgan fingerprint density at radius 3 is 2.15 bits per heavy atom. The lowest BCUT2D eigenvalue weighted by atomic mass is 9.76. The van der Waals surface area contributed by atoms with Gasteiger partial charge in [0, 0.05) is 25.2 Å². The molecule has 2 rings (SSSR count). The van der Waals surface area contributed by atoms with Gasteiger partial charge in [-0.15, -0.1) is 0 Å². The van der Waals surface area contributed by atoms with Crippen LogP contribution in [0, 0.1) is 23.2 Å². The maximum atomic E-state index is 6.29. The molecule has 2 heteroatoms. The summed E-state index contributed by atoms with van der Waals surface area (Å²) in [6.45, 7) is 15.4. The summed E-state index contributed by atoms with van der Waals surface area (Å²) in [7, 11) is 0. The van der Waals surface area contributed by atoms with E-state index in [1.165, 1.54) is 45.2 Å². The van der Waals surface area contributed by atoms with Crippen LogP contribution in [0.1, 0.15) is 66.7 Å². The summed E-state index contributed by atoms with van der Waals surface area (Å²) in [5.74, 6) is 2.54. The molecule has 4 unspecified atom stereocenters. The van der Waals surface area contributed by atoms with Crippen LogP contribution in [-0.4, -0.2) is 30.1 Å². The monoisotopic (exact) mass is 280 g/mol. The zero-order valence-corrected chi connectivity index (χ0v) is 14.4. The molecular weight excluding hydrogens is 244 g/mol. The SMILES string of the molecule is CC1CN(C2(CN)CCCC(C(C)(C)C)CC2)CC1C. The quantitative estimate of drug-likeness (QED) is 0.777. The average Bonchev–Trinajstić information content (AvgIpc) is 2.62. The fourth-order valence-corrected chi connectivity index (χ4v) is 4.42. The molecule has 1 saturated heterocycles. The van der Waals surface area contributed by atoms with Crippen molar-refractivity contribution in [2.24, 2.45) is 28.9 Å². The lowest BCUT2D eigenvalue weighted by molar-refractivity contribution is 0.0947. The lowest BCUT2D eigenvalue weighted by Crippen LogP contribution is -2.52. The van der Waals surface area contributed by atoms with Crippen LogP contribution in [0.2, 0.25) is 0 Å². The van der Waals surface area contributed by atoms with Crippen LogP contribution in [0.4, 0.5) is 0 Å². The van der Waals surface area contributed by atoms with Crippen molar-refractivity contribution in [1.82, 2.24) is 4.90 Å². The van der Waals surface area contributed by atoms with E-state index in [4.69, 9.17) is 5.73 Å². The summed E-state index contributed by atoms with van der Waals surface area (Å²) in [5, 5.41) is 0. The highest BCUT2D eigenvalue weighted by Gasteiger charge is 2.43. The molecule has 0 bridgehead atoms. The van der Waals surface area contributed by atoms with Gasteiger partial charge in [-0.05, 0) is 48.9 Å². The molecule has 0 spiro atoms. The summed E-state index contributed by atoms with van der Waals surface area (Å²) < 4.78 is 0. The standard InChI is InChI=1S/C18H36N2/c1-14-11-20(12-15(14)2)18(13-19)9-6-7-16(8-10-18)17(3,4)5/h14-16H,6-13,19H2,1-5H3. The molecular formula is C18H36N2. The molecule has 0 aromatic rings. The minimum absolute atomic E-state index is 0.305. The van der Waals surface area contributed by atoms with Crippen molar-refractivity contribution in [3.05, 3.63) is 0 Å². The summed E-state index contributed by atoms with van der Waals surface area (Å²) in [6, 6.07) is 0. The molecule has 0 aromatic heterocycles. The number of hydrogen-bond donors (Lipinski definition) is 1. The average molecular weight is 280 g/mol. The molecule has 20 heavy (non-hydrogen) atoms. The van der Waals surface area contributed by atoms with Crippen molar-refractivity contribution in [3.8, 4) is 0 Å². The van der Waals surface area contributed by atoms with E-state index in [9.17, 15) is 0 Å². The highest BCUT2D eigenvalue weighted by atomic mass is 15.2. The normalized spacial score (nSPS) is 40.8. The second-order valence-corrected chi connectivity index (χ2v) is 8.78. The van der Waals surface area contributed by atoms with E-state index in [1.54, 1.807) is 0 Å². The number of nitrogens with two attached hydrogens (primary N) is 1. The number of likely N-dealkylation sites (tertiary alicyclic amines) is 1. The highest BCUT2D eigenvalue weighted by molar-refractivity contribution is 4.99. The Bertz CT molecular complexity index is 310.